The van der Waals surface area contributed by atoms with E-state index in [1.807, 2.05) is 14.0 Å². The molecule has 0 aromatic heterocycles. The number of benzene rings is 1. The van der Waals surface area contributed by atoms with Crippen molar-refractivity contribution in [2.45, 2.75) is 46.2 Å². The predicted octanol–water partition coefficient (Wildman–Crippen LogP) is 3.47. The minimum atomic E-state index is 0.361. The summed E-state index contributed by atoms with van der Waals surface area (Å²) in [7, 11) is 2.03. The lowest BCUT2D eigenvalue weighted by molar-refractivity contribution is 0.194. The highest BCUT2D eigenvalue weighted by atomic mass is 16.5. The lowest BCUT2D eigenvalue weighted by Gasteiger charge is -2.31. The molecule has 3 nitrogen and oxygen atoms in total. The third-order valence-corrected chi connectivity index (χ3v) is 3.98. The molecule has 20 heavy (non-hydrogen) atoms. The van der Waals surface area contributed by atoms with Crippen LogP contribution in [-0.2, 0) is 0 Å². The van der Waals surface area contributed by atoms with Crippen molar-refractivity contribution in [1.82, 2.24) is 10.2 Å². The molecule has 114 valence electrons. The highest BCUT2D eigenvalue weighted by Crippen LogP contribution is 2.20. The zero-order valence-electron chi connectivity index (χ0n) is 13.6. The standard InChI is InChI=1S/C17H30N2O/c1-6-14(4)19(7-2)13-17(18-5)15-9-11-16(12-10-15)20-8-3/h9-12,14,17-18H,6-8,13H2,1-5H3. The van der Waals surface area contributed by atoms with Crippen LogP contribution in [0.15, 0.2) is 24.3 Å². The SMILES string of the molecule is CCOc1ccc(C(CN(CC)C(C)CC)NC)cc1. The van der Waals surface area contributed by atoms with E-state index in [1.165, 1.54) is 12.0 Å². The van der Waals surface area contributed by atoms with Crippen LogP contribution in [0.5, 0.6) is 5.75 Å². The summed E-state index contributed by atoms with van der Waals surface area (Å²) < 4.78 is 5.50. The molecule has 0 saturated heterocycles. The number of hydrogen-bond acceptors (Lipinski definition) is 3. The molecule has 3 heteroatoms. The summed E-state index contributed by atoms with van der Waals surface area (Å²) in [6.07, 6.45) is 1.19. The molecule has 2 atom stereocenters. The highest BCUT2D eigenvalue weighted by Gasteiger charge is 2.17. The van der Waals surface area contributed by atoms with E-state index < -0.39 is 0 Å². The van der Waals surface area contributed by atoms with Crippen molar-refractivity contribution < 1.29 is 4.74 Å². The van der Waals surface area contributed by atoms with Gasteiger partial charge in [0, 0.05) is 18.6 Å². The maximum atomic E-state index is 5.50. The first kappa shape index (κ1) is 17.0. The minimum absolute atomic E-state index is 0.361. The van der Waals surface area contributed by atoms with E-state index in [0.717, 1.165) is 18.8 Å². The Morgan fingerprint density at radius 1 is 1.15 bits per heavy atom. The van der Waals surface area contributed by atoms with Crippen molar-refractivity contribution in [2.75, 3.05) is 26.7 Å². The molecule has 0 saturated carbocycles. The summed E-state index contributed by atoms with van der Waals surface area (Å²) in [4.78, 5) is 2.53. The van der Waals surface area contributed by atoms with E-state index in [2.05, 4.69) is 55.3 Å². The first-order valence-corrected chi connectivity index (χ1v) is 7.80. The summed E-state index contributed by atoms with van der Waals surface area (Å²) in [5.74, 6) is 0.945. The number of rotatable bonds is 9. The lowest BCUT2D eigenvalue weighted by atomic mass is 10.1. The second-order valence-corrected chi connectivity index (χ2v) is 5.19. The van der Waals surface area contributed by atoms with Crippen LogP contribution in [0.25, 0.3) is 0 Å². The lowest BCUT2D eigenvalue weighted by Crippen LogP contribution is -2.39. The molecule has 0 fully saturated rings. The van der Waals surface area contributed by atoms with E-state index in [9.17, 15) is 0 Å². The number of ether oxygens (including phenoxy) is 1. The van der Waals surface area contributed by atoms with Crippen LogP contribution < -0.4 is 10.1 Å². The van der Waals surface area contributed by atoms with Crippen LogP contribution in [0.3, 0.4) is 0 Å². The fraction of sp³-hybridized carbons (Fsp3) is 0.647. The predicted molar refractivity (Wildman–Crippen MR) is 86.4 cm³/mol. The highest BCUT2D eigenvalue weighted by molar-refractivity contribution is 5.29. The minimum Gasteiger partial charge on any atom is -0.494 e. The molecule has 2 unspecified atom stereocenters. The van der Waals surface area contributed by atoms with Crippen molar-refractivity contribution >= 4 is 0 Å². The molecule has 0 aliphatic heterocycles. The Morgan fingerprint density at radius 3 is 2.25 bits per heavy atom. The van der Waals surface area contributed by atoms with E-state index >= 15 is 0 Å². The van der Waals surface area contributed by atoms with Gasteiger partial charge in [0.15, 0.2) is 0 Å². The molecule has 1 aromatic carbocycles. The first-order valence-electron chi connectivity index (χ1n) is 7.80. The van der Waals surface area contributed by atoms with Gasteiger partial charge in [-0.2, -0.15) is 0 Å². The number of hydrogen-bond donors (Lipinski definition) is 1. The van der Waals surface area contributed by atoms with Gasteiger partial charge in [-0.1, -0.05) is 26.0 Å². The quantitative estimate of drug-likeness (QED) is 0.748. The van der Waals surface area contributed by atoms with E-state index in [0.29, 0.717) is 18.7 Å². The molecule has 0 spiro atoms. The first-order chi connectivity index (χ1) is 9.65. The Bertz CT molecular complexity index is 364. The van der Waals surface area contributed by atoms with Crippen molar-refractivity contribution in [2.24, 2.45) is 0 Å². The van der Waals surface area contributed by atoms with E-state index in [-0.39, 0.29) is 0 Å². The Morgan fingerprint density at radius 2 is 1.80 bits per heavy atom. The Hall–Kier alpha value is -1.06. The van der Waals surface area contributed by atoms with E-state index in [1.54, 1.807) is 0 Å². The molecule has 0 radical (unpaired) electrons. The van der Waals surface area contributed by atoms with Crippen molar-refractivity contribution in [3.63, 3.8) is 0 Å². The van der Waals surface area contributed by atoms with Gasteiger partial charge in [0.2, 0.25) is 0 Å². The summed E-state index contributed by atoms with van der Waals surface area (Å²) >= 11 is 0. The van der Waals surface area contributed by atoms with Crippen LogP contribution in [-0.4, -0.2) is 37.7 Å². The molecular formula is C17H30N2O. The van der Waals surface area contributed by atoms with Crippen molar-refractivity contribution in [1.29, 1.82) is 0 Å². The van der Waals surface area contributed by atoms with Crippen LogP contribution in [0, 0.1) is 0 Å². The summed E-state index contributed by atoms with van der Waals surface area (Å²) in [5, 5.41) is 3.43. The largest absolute Gasteiger partial charge is 0.494 e. The fourth-order valence-corrected chi connectivity index (χ4v) is 2.44. The third-order valence-electron chi connectivity index (χ3n) is 3.98. The van der Waals surface area contributed by atoms with Crippen molar-refractivity contribution in [3.05, 3.63) is 29.8 Å². The van der Waals surface area contributed by atoms with E-state index in [4.69, 9.17) is 4.74 Å². The van der Waals surface area contributed by atoms with Gasteiger partial charge in [-0.05, 0) is 51.6 Å². The molecule has 0 amide bonds. The topological polar surface area (TPSA) is 24.5 Å². The van der Waals surface area contributed by atoms with Crippen molar-refractivity contribution in [3.8, 4) is 5.75 Å². The van der Waals surface area contributed by atoms with Gasteiger partial charge in [-0.3, -0.25) is 4.90 Å². The van der Waals surface area contributed by atoms with Gasteiger partial charge in [0.1, 0.15) is 5.75 Å². The smallest absolute Gasteiger partial charge is 0.119 e. The van der Waals surface area contributed by atoms with Gasteiger partial charge in [0.25, 0.3) is 0 Å². The molecule has 0 bridgehead atoms. The maximum Gasteiger partial charge on any atom is 0.119 e. The van der Waals surface area contributed by atoms with Gasteiger partial charge in [-0.25, -0.2) is 0 Å². The number of nitrogens with zero attached hydrogens (tertiary/aromatic N) is 1. The summed E-state index contributed by atoms with van der Waals surface area (Å²) in [6.45, 7) is 11.6. The normalized spacial score (nSPS) is 14.3. The molecule has 0 aliphatic carbocycles. The van der Waals surface area contributed by atoms with Crippen LogP contribution >= 0.6 is 0 Å². The van der Waals surface area contributed by atoms with Crippen LogP contribution in [0.1, 0.15) is 45.7 Å². The molecule has 1 N–H and O–H groups in total. The van der Waals surface area contributed by atoms with Crippen LogP contribution in [0.2, 0.25) is 0 Å². The van der Waals surface area contributed by atoms with Gasteiger partial charge >= 0.3 is 0 Å². The van der Waals surface area contributed by atoms with Gasteiger partial charge in [0.05, 0.1) is 6.61 Å². The van der Waals surface area contributed by atoms with Crippen LogP contribution in [0.4, 0.5) is 0 Å². The number of likely N-dealkylation sites (N-methyl/N-ethyl adjacent to an activating group) is 2. The fourth-order valence-electron chi connectivity index (χ4n) is 2.44. The molecule has 0 heterocycles. The van der Waals surface area contributed by atoms with Gasteiger partial charge in [-0.15, -0.1) is 0 Å². The summed E-state index contributed by atoms with van der Waals surface area (Å²) in [6, 6.07) is 9.43. The zero-order chi connectivity index (χ0) is 15.0. The van der Waals surface area contributed by atoms with Gasteiger partial charge < -0.3 is 10.1 Å². The Balaban J connectivity index is 2.74. The molecular weight excluding hydrogens is 248 g/mol. The monoisotopic (exact) mass is 278 g/mol. The molecule has 0 aliphatic rings. The maximum absolute atomic E-state index is 5.50. The molecule has 1 aromatic rings. The average molecular weight is 278 g/mol. The second kappa shape index (κ2) is 8.98. The zero-order valence-corrected chi connectivity index (χ0v) is 13.6. The Kier molecular flexibility index (Phi) is 7.63. The Labute approximate surface area is 124 Å². The third kappa shape index (κ3) is 4.80. The summed E-state index contributed by atoms with van der Waals surface area (Å²) in [5.41, 5.74) is 1.32. The second-order valence-electron chi connectivity index (χ2n) is 5.19. The average Bonchev–Trinajstić information content (AvgIpc) is 2.49. The number of nitrogens with one attached hydrogen (secondary N) is 1. The molecule has 1 rings (SSSR count).